The number of nitrogens with zero attached hydrogens (tertiary/aromatic N) is 3. The second-order valence-electron chi connectivity index (χ2n) is 6.88. The monoisotopic (exact) mass is 453 g/mol. The summed E-state index contributed by atoms with van der Waals surface area (Å²) in [5, 5.41) is 16.4. The summed E-state index contributed by atoms with van der Waals surface area (Å²) in [6.07, 6.45) is 2.11. The molecule has 0 aromatic heterocycles. The molecule has 0 unspecified atom stereocenters. The van der Waals surface area contributed by atoms with Crippen molar-refractivity contribution in [1.82, 2.24) is 9.80 Å². The van der Waals surface area contributed by atoms with Gasteiger partial charge in [-0.05, 0) is 37.1 Å². The van der Waals surface area contributed by atoms with E-state index in [1.54, 1.807) is 0 Å². The molecule has 28 heavy (non-hydrogen) atoms. The summed E-state index contributed by atoms with van der Waals surface area (Å²) >= 11 is 0. The number of carboxylic acid groups (broad SMARTS) is 1. The molecular weight excluding hydrogens is 425 g/mol. The second kappa shape index (κ2) is 12.3. The summed E-state index contributed by atoms with van der Waals surface area (Å²) in [5.41, 5.74) is 7.45. The lowest BCUT2D eigenvalue weighted by Crippen LogP contribution is -2.53. The number of rotatable bonds is 5. The fourth-order valence-corrected chi connectivity index (χ4v) is 3.83. The molecule has 4 N–H and O–H groups in total. The van der Waals surface area contributed by atoms with E-state index < -0.39 is 5.97 Å². The van der Waals surface area contributed by atoms with Gasteiger partial charge in [-0.2, -0.15) is 0 Å². The van der Waals surface area contributed by atoms with Gasteiger partial charge in [0.05, 0.1) is 6.54 Å². The van der Waals surface area contributed by atoms with E-state index in [9.17, 15) is 4.79 Å². The van der Waals surface area contributed by atoms with Crippen molar-refractivity contribution in [1.29, 1.82) is 5.41 Å². The van der Waals surface area contributed by atoms with E-state index >= 15 is 0 Å². The fourth-order valence-electron chi connectivity index (χ4n) is 3.83. The van der Waals surface area contributed by atoms with E-state index in [-0.39, 0.29) is 49.6 Å². The molecule has 10 heteroatoms. The summed E-state index contributed by atoms with van der Waals surface area (Å²) in [4.78, 5) is 17.8. The van der Waals surface area contributed by atoms with E-state index in [1.165, 1.54) is 5.69 Å². The molecule has 7 nitrogen and oxygen atoms in total. The Bertz CT molecular complexity index is 616. The van der Waals surface area contributed by atoms with Gasteiger partial charge in [0.15, 0.2) is 0 Å². The molecule has 2 heterocycles. The summed E-state index contributed by atoms with van der Waals surface area (Å²) in [7, 11) is 0. The maximum absolute atomic E-state index is 10.8. The van der Waals surface area contributed by atoms with Crippen LogP contribution in [0.4, 0.5) is 5.69 Å². The maximum atomic E-state index is 10.8. The quantitative estimate of drug-likeness (QED) is 0.464. The van der Waals surface area contributed by atoms with Gasteiger partial charge >= 0.3 is 5.97 Å². The van der Waals surface area contributed by atoms with E-state index in [1.807, 2.05) is 29.2 Å². The third kappa shape index (κ3) is 6.97. The van der Waals surface area contributed by atoms with Gasteiger partial charge in [-0.3, -0.25) is 20.0 Å². The number of nitrogens with one attached hydrogen (secondary N) is 1. The molecule has 0 radical (unpaired) electrons. The summed E-state index contributed by atoms with van der Waals surface area (Å²) in [6.45, 7) is 5.99. The number of carbonyl (C=O) groups is 1. The molecule has 3 rings (SSSR count). The Morgan fingerprint density at radius 1 is 1.00 bits per heavy atom. The van der Waals surface area contributed by atoms with Crippen LogP contribution in [-0.2, 0) is 4.79 Å². The normalized spacial score (nSPS) is 18.4. The lowest BCUT2D eigenvalue weighted by molar-refractivity contribution is -0.138. The number of hydrogen-bond donors (Lipinski definition) is 3. The number of aliphatic carboxylic acids is 1. The van der Waals surface area contributed by atoms with Gasteiger partial charge in [-0.15, -0.1) is 37.2 Å². The minimum atomic E-state index is -0.733. The molecule has 1 aromatic carbocycles. The van der Waals surface area contributed by atoms with Crippen molar-refractivity contribution in [2.24, 2.45) is 5.73 Å². The van der Waals surface area contributed by atoms with Gasteiger partial charge in [0.25, 0.3) is 0 Å². The maximum Gasteiger partial charge on any atom is 0.317 e. The van der Waals surface area contributed by atoms with Gasteiger partial charge in [0.2, 0.25) is 0 Å². The Kier molecular flexibility index (Phi) is 11.8. The van der Waals surface area contributed by atoms with Crippen molar-refractivity contribution in [2.75, 3.05) is 50.7 Å². The summed E-state index contributed by atoms with van der Waals surface area (Å²) in [5.74, 6) is -0.631. The third-order valence-corrected chi connectivity index (χ3v) is 5.29. The Morgan fingerprint density at radius 3 is 2.00 bits per heavy atom. The first-order valence-electron chi connectivity index (χ1n) is 8.90. The molecule has 0 bridgehead atoms. The molecule has 2 fully saturated rings. The SMILES string of the molecule is Cl.Cl.Cl.N=C(N)c1ccc(N2CCN(C3CCN(CC(=O)O)CC3)CC2)cc1. The Labute approximate surface area is 185 Å². The highest BCUT2D eigenvalue weighted by Gasteiger charge is 2.28. The predicted octanol–water partition coefficient (Wildman–Crippen LogP) is 1.91. The van der Waals surface area contributed by atoms with Crippen LogP contribution in [0, 0.1) is 5.41 Å². The second-order valence-corrected chi connectivity index (χ2v) is 6.88. The standard InChI is InChI=1S/C18H27N5O2.3ClH/c19-18(20)14-1-3-15(4-2-14)22-9-11-23(12-10-22)16-5-7-21(8-6-16)13-17(24)25;;;/h1-4,16H,5-13H2,(H3,19,20)(H,24,25);3*1H. The zero-order chi connectivity index (χ0) is 17.8. The van der Waals surface area contributed by atoms with Crippen LogP contribution in [-0.4, -0.2) is 78.6 Å². The molecule has 1 aromatic rings. The van der Waals surface area contributed by atoms with Crippen molar-refractivity contribution in [3.8, 4) is 0 Å². The van der Waals surface area contributed by atoms with Crippen LogP contribution in [0.2, 0.25) is 0 Å². The van der Waals surface area contributed by atoms with Crippen LogP contribution in [0.5, 0.6) is 0 Å². The first-order chi connectivity index (χ1) is 12.0. The van der Waals surface area contributed by atoms with Gasteiger partial charge in [-0.25, -0.2) is 0 Å². The number of benzene rings is 1. The van der Waals surface area contributed by atoms with Crippen LogP contribution in [0.3, 0.4) is 0 Å². The van der Waals surface area contributed by atoms with E-state index in [0.29, 0.717) is 6.04 Å². The highest BCUT2D eigenvalue weighted by atomic mass is 35.5. The minimum Gasteiger partial charge on any atom is -0.480 e. The number of anilines is 1. The first kappa shape index (κ1) is 26.8. The van der Waals surface area contributed by atoms with Crippen LogP contribution < -0.4 is 10.6 Å². The highest BCUT2D eigenvalue weighted by molar-refractivity contribution is 5.95. The lowest BCUT2D eigenvalue weighted by atomic mass is 10.0. The van der Waals surface area contributed by atoms with Crippen molar-refractivity contribution in [2.45, 2.75) is 18.9 Å². The average Bonchev–Trinajstić information content (AvgIpc) is 2.62. The Hall–Kier alpha value is -1.25. The van der Waals surface area contributed by atoms with Crippen LogP contribution in [0.25, 0.3) is 0 Å². The molecule has 0 spiro atoms. The number of amidine groups is 1. The van der Waals surface area contributed by atoms with Crippen molar-refractivity contribution < 1.29 is 9.90 Å². The molecule has 0 aliphatic carbocycles. The highest BCUT2D eigenvalue weighted by Crippen LogP contribution is 2.21. The number of carboxylic acids is 1. The number of nitrogen functional groups attached to an aromatic ring is 1. The van der Waals surface area contributed by atoms with Crippen LogP contribution in [0.15, 0.2) is 24.3 Å². The molecule has 160 valence electrons. The molecule has 0 saturated carbocycles. The molecular formula is C18H30Cl3N5O2. The molecule has 0 atom stereocenters. The third-order valence-electron chi connectivity index (χ3n) is 5.29. The molecule has 2 saturated heterocycles. The number of hydrogen-bond acceptors (Lipinski definition) is 5. The molecule has 2 aliphatic heterocycles. The first-order valence-corrected chi connectivity index (χ1v) is 8.90. The average molecular weight is 455 g/mol. The van der Waals surface area contributed by atoms with Crippen LogP contribution in [0.1, 0.15) is 18.4 Å². The Balaban J connectivity index is 0.00000243. The zero-order valence-electron chi connectivity index (χ0n) is 15.7. The largest absolute Gasteiger partial charge is 0.480 e. The van der Waals surface area contributed by atoms with Gasteiger partial charge in [-0.1, -0.05) is 0 Å². The summed E-state index contributed by atoms with van der Waals surface area (Å²) < 4.78 is 0. The molecule has 2 aliphatic rings. The van der Waals surface area contributed by atoms with E-state index in [2.05, 4.69) is 9.80 Å². The summed E-state index contributed by atoms with van der Waals surface area (Å²) in [6, 6.07) is 8.46. The predicted molar refractivity (Wildman–Crippen MR) is 120 cm³/mol. The number of halogens is 3. The number of nitrogens with two attached hydrogens (primary N) is 1. The zero-order valence-corrected chi connectivity index (χ0v) is 18.2. The van der Waals surface area contributed by atoms with Gasteiger partial charge in [0, 0.05) is 56.6 Å². The number of likely N-dealkylation sites (tertiary alicyclic amines) is 1. The van der Waals surface area contributed by atoms with Crippen molar-refractivity contribution in [3.63, 3.8) is 0 Å². The van der Waals surface area contributed by atoms with E-state index in [4.69, 9.17) is 16.2 Å². The minimum absolute atomic E-state index is 0. The van der Waals surface area contributed by atoms with Crippen molar-refractivity contribution >= 4 is 54.7 Å². The van der Waals surface area contributed by atoms with Crippen LogP contribution >= 0.6 is 37.2 Å². The Morgan fingerprint density at radius 2 is 1.54 bits per heavy atom. The number of piperidine rings is 1. The number of piperazine rings is 1. The fraction of sp³-hybridized carbons (Fsp3) is 0.556. The lowest BCUT2D eigenvalue weighted by Gasteiger charge is -2.43. The smallest absolute Gasteiger partial charge is 0.317 e. The van der Waals surface area contributed by atoms with Crippen molar-refractivity contribution in [3.05, 3.63) is 29.8 Å². The van der Waals surface area contributed by atoms with Gasteiger partial charge < -0.3 is 15.7 Å². The molecule has 0 amide bonds. The van der Waals surface area contributed by atoms with Gasteiger partial charge in [0.1, 0.15) is 5.84 Å². The topological polar surface area (TPSA) is 96.9 Å². The van der Waals surface area contributed by atoms with E-state index in [0.717, 1.165) is 57.7 Å².